The second-order valence-electron chi connectivity index (χ2n) is 5.73. The lowest BCUT2D eigenvalue weighted by atomic mass is 9.73. The van der Waals surface area contributed by atoms with Gasteiger partial charge >= 0.3 is 0 Å². The summed E-state index contributed by atoms with van der Waals surface area (Å²) >= 11 is 0. The maximum Gasteiger partial charge on any atom is 0.137 e. The van der Waals surface area contributed by atoms with Crippen LogP contribution in [0.2, 0.25) is 0 Å². The van der Waals surface area contributed by atoms with E-state index in [0.29, 0.717) is 0 Å². The van der Waals surface area contributed by atoms with Gasteiger partial charge in [0.05, 0.1) is 13.3 Å². The van der Waals surface area contributed by atoms with Gasteiger partial charge in [-0.25, -0.2) is 0 Å². The number of likely N-dealkylation sites (tertiary alicyclic amines) is 1. The van der Waals surface area contributed by atoms with E-state index in [9.17, 15) is 0 Å². The first-order chi connectivity index (χ1) is 9.64. The molecular weight excluding hydrogens is 250 g/mol. The van der Waals surface area contributed by atoms with Crippen LogP contribution in [0.4, 0.5) is 0 Å². The van der Waals surface area contributed by atoms with Gasteiger partial charge in [-0.2, -0.15) is 0 Å². The van der Waals surface area contributed by atoms with Crippen LogP contribution in [0.3, 0.4) is 0 Å². The van der Waals surface area contributed by atoms with Crippen molar-refractivity contribution in [2.45, 2.75) is 39.2 Å². The van der Waals surface area contributed by atoms with Crippen LogP contribution < -0.4 is 10.5 Å². The van der Waals surface area contributed by atoms with Crippen molar-refractivity contribution in [2.75, 3.05) is 27.2 Å². The zero-order valence-corrected chi connectivity index (χ0v) is 13.1. The van der Waals surface area contributed by atoms with Gasteiger partial charge in [0.15, 0.2) is 0 Å². The number of piperidine rings is 1. The largest absolute Gasteiger partial charge is 0.495 e. The van der Waals surface area contributed by atoms with Crippen LogP contribution in [-0.4, -0.2) is 37.1 Å². The monoisotopic (exact) mass is 277 g/mol. The average Bonchev–Trinajstić information content (AvgIpc) is 2.77. The molecule has 20 heavy (non-hydrogen) atoms. The van der Waals surface area contributed by atoms with Gasteiger partial charge in [-0.05, 0) is 56.4 Å². The highest BCUT2D eigenvalue weighted by Crippen LogP contribution is 2.50. The van der Waals surface area contributed by atoms with Gasteiger partial charge in [0.2, 0.25) is 0 Å². The molecule has 1 aromatic rings. The van der Waals surface area contributed by atoms with Gasteiger partial charge < -0.3 is 15.4 Å². The van der Waals surface area contributed by atoms with Gasteiger partial charge in [0.1, 0.15) is 5.75 Å². The predicted molar refractivity (Wildman–Crippen MR) is 81.9 cm³/mol. The maximum atomic E-state index is 6.51. The van der Waals surface area contributed by atoms with E-state index in [1.54, 1.807) is 13.3 Å². The predicted octanol–water partition coefficient (Wildman–Crippen LogP) is 2.38. The summed E-state index contributed by atoms with van der Waals surface area (Å²) in [6, 6.07) is 2.18. The molecule has 1 spiro atoms. The smallest absolute Gasteiger partial charge is 0.137 e. The molecule has 0 aromatic carbocycles. The number of fused-ring (bicyclic) bond motifs is 1. The standard InChI is InChI=1S/C14H21N3O.C2H6/c1-17-5-3-14(4-6-17)8-12-11(13(14)15)7-10(18-2)9-16-12;1-2/h7,9,13H,3-6,8,15H2,1-2H3;1-2H3/t13-;/m1./s1. The SMILES string of the molecule is CC.COc1cnc2c(c1)[C@@H](N)C1(CCN(C)CC1)C2. The molecular formula is C16H27N3O. The van der Waals surface area contributed by atoms with Crippen molar-refractivity contribution < 1.29 is 4.74 Å². The summed E-state index contributed by atoms with van der Waals surface area (Å²) in [5, 5.41) is 0. The van der Waals surface area contributed by atoms with Gasteiger partial charge in [-0.3, -0.25) is 4.98 Å². The quantitative estimate of drug-likeness (QED) is 0.856. The van der Waals surface area contributed by atoms with E-state index in [0.717, 1.165) is 25.3 Å². The topological polar surface area (TPSA) is 51.4 Å². The summed E-state index contributed by atoms with van der Waals surface area (Å²) in [4.78, 5) is 6.91. The molecule has 112 valence electrons. The van der Waals surface area contributed by atoms with Crippen LogP contribution in [0.25, 0.3) is 0 Å². The highest BCUT2D eigenvalue weighted by atomic mass is 16.5. The van der Waals surface area contributed by atoms with E-state index in [4.69, 9.17) is 10.5 Å². The number of pyridine rings is 1. The van der Waals surface area contributed by atoms with Crippen LogP contribution in [0.5, 0.6) is 5.75 Å². The number of nitrogens with zero attached hydrogens (tertiary/aromatic N) is 2. The Balaban J connectivity index is 0.000000704. The molecule has 0 amide bonds. The fourth-order valence-corrected chi connectivity index (χ4v) is 3.34. The van der Waals surface area contributed by atoms with Crippen molar-refractivity contribution in [1.29, 1.82) is 0 Å². The van der Waals surface area contributed by atoms with E-state index in [-0.39, 0.29) is 11.5 Å². The Hall–Kier alpha value is -1.13. The minimum atomic E-state index is 0.115. The van der Waals surface area contributed by atoms with Gasteiger partial charge in [0, 0.05) is 11.7 Å². The first-order valence-electron chi connectivity index (χ1n) is 7.61. The molecule has 1 aliphatic carbocycles. The lowest BCUT2D eigenvalue weighted by molar-refractivity contribution is 0.105. The Bertz CT molecular complexity index is 453. The summed E-state index contributed by atoms with van der Waals surface area (Å²) in [6.45, 7) is 6.28. The minimum absolute atomic E-state index is 0.115. The number of nitrogens with two attached hydrogens (primary N) is 1. The highest BCUT2D eigenvalue weighted by Gasteiger charge is 2.46. The van der Waals surface area contributed by atoms with Crippen LogP contribution in [0, 0.1) is 5.41 Å². The van der Waals surface area contributed by atoms with Crippen LogP contribution in [0.1, 0.15) is 44.0 Å². The molecule has 0 bridgehead atoms. The Morgan fingerprint density at radius 1 is 1.35 bits per heavy atom. The molecule has 3 rings (SSSR count). The Morgan fingerprint density at radius 2 is 2.00 bits per heavy atom. The number of aromatic nitrogens is 1. The zero-order chi connectivity index (χ0) is 14.8. The van der Waals surface area contributed by atoms with Crippen molar-refractivity contribution in [2.24, 2.45) is 11.1 Å². The van der Waals surface area contributed by atoms with Gasteiger partial charge in [0.25, 0.3) is 0 Å². The van der Waals surface area contributed by atoms with Crippen LogP contribution >= 0.6 is 0 Å². The molecule has 2 heterocycles. The molecule has 4 heteroatoms. The van der Waals surface area contributed by atoms with Gasteiger partial charge in [-0.15, -0.1) is 0 Å². The molecule has 1 atom stereocenters. The number of hydrogen-bond donors (Lipinski definition) is 1. The third kappa shape index (κ3) is 2.54. The molecule has 1 saturated heterocycles. The Kier molecular flexibility index (Phi) is 4.66. The molecule has 2 N–H and O–H groups in total. The minimum Gasteiger partial charge on any atom is -0.495 e. The highest BCUT2D eigenvalue weighted by molar-refractivity contribution is 5.38. The van der Waals surface area contributed by atoms with E-state index < -0.39 is 0 Å². The summed E-state index contributed by atoms with van der Waals surface area (Å²) < 4.78 is 5.25. The van der Waals surface area contributed by atoms with Crippen LogP contribution in [0.15, 0.2) is 12.3 Å². The van der Waals surface area contributed by atoms with Crippen molar-refractivity contribution in [3.8, 4) is 5.75 Å². The third-order valence-electron chi connectivity index (χ3n) is 4.71. The lowest BCUT2D eigenvalue weighted by Crippen LogP contribution is -2.42. The van der Waals surface area contributed by atoms with E-state index in [1.807, 2.05) is 13.8 Å². The second-order valence-corrected chi connectivity index (χ2v) is 5.73. The normalized spacial score (nSPS) is 23.9. The molecule has 0 radical (unpaired) electrons. The Labute approximate surface area is 122 Å². The summed E-state index contributed by atoms with van der Waals surface area (Å²) in [5.74, 6) is 0.814. The van der Waals surface area contributed by atoms with Crippen molar-refractivity contribution in [3.63, 3.8) is 0 Å². The lowest BCUT2D eigenvalue weighted by Gasteiger charge is -2.40. The molecule has 1 fully saturated rings. The number of methoxy groups -OCH3 is 1. The molecule has 1 aromatic heterocycles. The number of hydrogen-bond acceptors (Lipinski definition) is 4. The third-order valence-corrected chi connectivity index (χ3v) is 4.71. The summed E-state index contributed by atoms with van der Waals surface area (Å²) in [6.07, 6.45) is 5.17. The fourth-order valence-electron chi connectivity index (χ4n) is 3.34. The van der Waals surface area contributed by atoms with E-state index in [2.05, 4.69) is 23.0 Å². The maximum absolute atomic E-state index is 6.51. The molecule has 0 unspecified atom stereocenters. The van der Waals surface area contributed by atoms with Crippen LogP contribution in [-0.2, 0) is 6.42 Å². The van der Waals surface area contributed by atoms with Gasteiger partial charge in [-0.1, -0.05) is 13.8 Å². The molecule has 0 saturated carbocycles. The average molecular weight is 277 g/mol. The molecule has 2 aliphatic rings. The fraction of sp³-hybridized carbons (Fsp3) is 0.688. The molecule has 4 nitrogen and oxygen atoms in total. The Morgan fingerprint density at radius 3 is 2.60 bits per heavy atom. The van der Waals surface area contributed by atoms with E-state index in [1.165, 1.54) is 24.1 Å². The summed E-state index contributed by atoms with van der Waals surface area (Å²) in [7, 11) is 3.86. The van der Waals surface area contributed by atoms with Crippen molar-refractivity contribution in [3.05, 3.63) is 23.5 Å². The number of ether oxygens (including phenoxy) is 1. The molecule has 1 aliphatic heterocycles. The second kappa shape index (κ2) is 6.10. The first kappa shape index (κ1) is 15.3. The number of rotatable bonds is 1. The summed E-state index contributed by atoms with van der Waals surface area (Å²) in [5.41, 5.74) is 9.11. The zero-order valence-electron chi connectivity index (χ0n) is 13.1. The first-order valence-corrected chi connectivity index (χ1v) is 7.61. The van der Waals surface area contributed by atoms with Crippen molar-refractivity contribution in [1.82, 2.24) is 9.88 Å². The van der Waals surface area contributed by atoms with Crippen molar-refractivity contribution >= 4 is 0 Å². The van der Waals surface area contributed by atoms with E-state index >= 15 is 0 Å².